The molecule has 0 fully saturated rings. The molecule has 0 bridgehead atoms. The van der Waals surface area contributed by atoms with Crippen LogP contribution in [0, 0.1) is 10.5 Å². The molecule has 4 nitrogen and oxygen atoms in total. The average molecular weight is 458 g/mol. The van der Waals surface area contributed by atoms with Crippen LogP contribution >= 0.6 is 22.6 Å². The van der Waals surface area contributed by atoms with E-state index in [4.69, 9.17) is 4.74 Å². The molecule has 0 unspecified atom stereocenters. The second-order valence-electron chi connectivity index (χ2n) is 5.90. The van der Waals surface area contributed by atoms with Crippen LogP contribution in [0.5, 0.6) is 5.88 Å². The van der Waals surface area contributed by atoms with Crippen molar-refractivity contribution in [2.45, 2.75) is 20.1 Å². The van der Waals surface area contributed by atoms with Crippen LogP contribution in [-0.4, -0.2) is 10.9 Å². The third kappa shape index (κ3) is 4.82. The summed E-state index contributed by atoms with van der Waals surface area (Å²) in [6.45, 7) is 2.88. The number of nitrogens with one attached hydrogen (secondary N) is 1. The molecule has 0 radical (unpaired) electrons. The Balaban J connectivity index is 1.60. The minimum absolute atomic E-state index is 0.0818. The van der Waals surface area contributed by atoms with Crippen LogP contribution in [0.15, 0.2) is 66.9 Å². The van der Waals surface area contributed by atoms with Crippen LogP contribution in [-0.2, 0) is 13.2 Å². The van der Waals surface area contributed by atoms with Crippen LogP contribution in [0.2, 0.25) is 0 Å². The van der Waals surface area contributed by atoms with Crippen LogP contribution in [0.25, 0.3) is 0 Å². The molecular weight excluding hydrogens is 439 g/mol. The van der Waals surface area contributed by atoms with E-state index in [1.165, 1.54) is 0 Å². The highest BCUT2D eigenvalue weighted by molar-refractivity contribution is 14.1. The Hall–Kier alpha value is -2.41. The Kier molecular flexibility index (Phi) is 6.22. The molecule has 0 spiro atoms. The number of hydrogen-bond acceptors (Lipinski definition) is 3. The summed E-state index contributed by atoms with van der Waals surface area (Å²) in [6.07, 6.45) is 1.69. The second-order valence-corrected chi connectivity index (χ2v) is 6.97. The number of carbonyl (C=O) groups is 1. The summed E-state index contributed by atoms with van der Waals surface area (Å²) in [4.78, 5) is 16.7. The Labute approximate surface area is 166 Å². The first-order valence-electron chi connectivity index (χ1n) is 8.28. The van der Waals surface area contributed by atoms with Crippen LogP contribution in [0.3, 0.4) is 0 Å². The molecule has 0 saturated heterocycles. The maximum absolute atomic E-state index is 12.4. The summed E-state index contributed by atoms with van der Waals surface area (Å²) in [5, 5.41) is 2.96. The van der Waals surface area contributed by atoms with E-state index in [2.05, 4.69) is 32.9 Å². The highest BCUT2D eigenvalue weighted by atomic mass is 127. The van der Waals surface area contributed by atoms with Crippen molar-refractivity contribution < 1.29 is 9.53 Å². The third-order valence-electron chi connectivity index (χ3n) is 3.92. The maximum atomic E-state index is 12.4. The van der Waals surface area contributed by atoms with Crippen molar-refractivity contribution >= 4 is 28.5 Å². The first-order valence-corrected chi connectivity index (χ1v) is 9.36. The number of aromatic nitrogens is 1. The highest BCUT2D eigenvalue weighted by Crippen LogP contribution is 2.17. The smallest absolute Gasteiger partial charge is 0.252 e. The zero-order chi connectivity index (χ0) is 18.4. The molecular formula is C21H19IN2O2. The Bertz CT molecular complexity index is 898. The Morgan fingerprint density at radius 1 is 1.08 bits per heavy atom. The zero-order valence-electron chi connectivity index (χ0n) is 14.4. The van der Waals surface area contributed by atoms with Gasteiger partial charge in [0.1, 0.15) is 6.61 Å². The third-order valence-corrected chi connectivity index (χ3v) is 5.35. The van der Waals surface area contributed by atoms with E-state index in [-0.39, 0.29) is 5.91 Å². The lowest BCUT2D eigenvalue weighted by Gasteiger charge is -2.10. The second kappa shape index (κ2) is 8.80. The largest absolute Gasteiger partial charge is 0.473 e. The molecule has 1 amide bonds. The molecule has 0 saturated carbocycles. The van der Waals surface area contributed by atoms with E-state index in [0.717, 1.165) is 20.3 Å². The van der Waals surface area contributed by atoms with Gasteiger partial charge in [-0.15, -0.1) is 0 Å². The van der Waals surface area contributed by atoms with Gasteiger partial charge in [-0.1, -0.05) is 42.5 Å². The van der Waals surface area contributed by atoms with Crippen molar-refractivity contribution in [3.8, 4) is 5.88 Å². The monoisotopic (exact) mass is 458 g/mol. The molecule has 26 heavy (non-hydrogen) atoms. The lowest BCUT2D eigenvalue weighted by atomic mass is 10.1. The van der Waals surface area contributed by atoms with Crippen molar-refractivity contribution in [1.82, 2.24) is 10.3 Å². The predicted molar refractivity (Wildman–Crippen MR) is 110 cm³/mol. The van der Waals surface area contributed by atoms with Crippen molar-refractivity contribution in [2.24, 2.45) is 0 Å². The summed E-state index contributed by atoms with van der Waals surface area (Å²) < 4.78 is 6.71. The number of hydrogen-bond donors (Lipinski definition) is 1. The summed E-state index contributed by atoms with van der Waals surface area (Å²) in [7, 11) is 0. The highest BCUT2D eigenvalue weighted by Gasteiger charge is 2.11. The quantitative estimate of drug-likeness (QED) is 0.554. The lowest BCUT2D eigenvalue weighted by Crippen LogP contribution is -2.24. The van der Waals surface area contributed by atoms with Crippen LogP contribution in [0.1, 0.15) is 27.0 Å². The number of ether oxygens (including phenoxy) is 1. The zero-order valence-corrected chi connectivity index (χ0v) is 16.6. The average Bonchev–Trinajstić information content (AvgIpc) is 2.68. The number of halogens is 1. The minimum atomic E-state index is -0.0818. The number of aryl methyl sites for hydroxylation is 1. The molecule has 0 aliphatic heterocycles. The number of rotatable bonds is 6. The molecule has 0 aliphatic rings. The van der Waals surface area contributed by atoms with Gasteiger partial charge in [0.05, 0.1) is 5.56 Å². The molecule has 3 aromatic rings. The number of amides is 1. The molecule has 132 valence electrons. The molecule has 2 aromatic carbocycles. The van der Waals surface area contributed by atoms with E-state index in [1.54, 1.807) is 6.20 Å². The molecule has 0 atom stereocenters. The first-order chi connectivity index (χ1) is 12.6. The molecule has 3 rings (SSSR count). The molecule has 1 aromatic heterocycles. The molecule has 0 aliphatic carbocycles. The Morgan fingerprint density at radius 3 is 2.69 bits per heavy atom. The first kappa shape index (κ1) is 18.4. The Morgan fingerprint density at radius 2 is 1.88 bits per heavy atom. The standard InChI is InChI=1S/C21H19IN2O2/c1-15-6-5-9-18(20(15)22)21(25)24-13-17-10-11-23-19(12-17)26-14-16-7-3-2-4-8-16/h2-12H,13-14H2,1H3,(H,24,25). The number of pyridine rings is 1. The fourth-order valence-electron chi connectivity index (χ4n) is 2.47. The summed E-state index contributed by atoms with van der Waals surface area (Å²) >= 11 is 2.21. The van der Waals surface area contributed by atoms with E-state index < -0.39 is 0 Å². The van der Waals surface area contributed by atoms with Crippen molar-refractivity contribution in [1.29, 1.82) is 0 Å². The van der Waals surface area contributed by atoms with E-state index in [9.17, 15) is 4.79 Å². The predicted octanol–water partition coefficient (Wildman–Crippen LogP) is 4.50. The SMILES string of the molecule is Cc1cccc(C(=O)NCc2ccnc(OCc3ccccc3)c2)c1I. The maximum Gasteiger partial charge on any atom is 0.252 e. The lowest BCUT2D eigenvalue weighted by molar-refractivity contribution is 0.0950. The van der Waals surface area contributed by atoms with Gasteiger partial charge in [0.2, 0.25) is 5.88 Å². The number of nitrogens with zero attached hydrogens (tertiary/aromatic N) is 1. The molecule has 1 heterocycles. The van der Waals surface area contributed by atoms with Gasteiger partial charge >= 0.3 is 0 Å². The fourth-order valence-corrected chi connectivity index (χ4v) is 3.08. The van der Waals surface area contributed by atoms with E-state index in [0.29, 0.717) is 24.6 Å². The van der Waals surface area contributed by atoms with Crippen molar-refractivity contribution in [3.63, 3.8) is 0 Å². The summed E-state index contributed by atoms with van der Waals surface area (Å²) in [6, 6.07) is 19.4. The van der Waals surface area contributed by atoms with Crippen molar-refractivity contribution in [3.05, 3.63) is 92.7 Å². The van der Waals surface area contributed by atoms with E-state index >= 15 is 0 Å². The van der Waals surface area contributed by atoms with Crippen LogP contribution < -0.4 is 10.1 Å². The van der Waals surface area contributed by atoms with Gasteiger partial charge in [-0.05, 0) is 58.3 Å². The van der Waals surface area contributed by atoms with Gasteiger partial charge in [0.15, 0.2) is 0 Å². The van der Waals surface area contributed by atoms with Gasteiger partial charge in [-0.25, -0.2) is 4.98 Å². The molecule has 5 heteroatoms. The van der Waals surface area contributed by atoms with Gasteiger partial charge in [0.25, 0.3) is 5.91 Å². The van der Waals surface area contributed by atoms with Crippen LogP contribution in [0.4, 0.5) is 0 Å². The van der Waals surface area contributed by atoms with E-state index in [1.807, 2.05) is 67.6 Å². The molecule has 1 N–H and O–H groups in total. The number of carbonyl (C=O) groups excluding carboxylic acids is 1. The topological polar surface area (TPSA) is 51.2 Å². The summed E-state index contributed by atoms with van der Waals surface area (Å²) in [5.74, 6) is 0.465. The van der Waals surface area contributed by atoms with Gasteiger partial charge in [0, 0.05) is 22.4 Å². The van der Waals surface area contributed by atoms with Gasteiger partial charge in [-0.2, -0.15) is 0 Å². The minimum Gasteiger partial charge on any atom is -0.473 e. The normalized spacial score (nSPS) is 10.4. The van der Waals surface area contributed by atoms with Gasteiger partial charge < -0.3 is 10.1 Å². The van der Waals surface area contributed by atoms with Crippen molar-refractivity contribution in [2.75, 3.05) is 0 Å². The fraction of sp³-hybridized carbons (Fsp3) is 0.143. The van der Waals surface area contributed by atoms with Gasteiger partial charge in [-0.3, -0.25) is 4.79 Å². The summed E-state index contributed by atoms with van der Waals surface area (Å²) in [5.41, 5.74) is 3.82. The number of benzene rings is 2.